The quantitative estimate of drug-likeness (QED) is 0.608. The van der Waals surface area contributed by atoms with Crippen molar-refractivity contribution in [3.63, 3.8) is 0 Å². The van der Waals surface area contributed by atoms with Gasteiger partial charge in [-0.15, -0.1) is 0 Å². The van der Waals surface area contributed by atoms with Gasteiger partial charge < -0.3 is 19.8 Å². The number of benzene rings is 1. The first kappa shape index (κ1) is 26.5. The number of rotatable bonds is 5. The van der Waals surface area contributed by atoms with Crippen LogP contribution in [0, 0.1) is 23.7 Å². The van der Waals surface area contributed by atoms with Gasteiger partial charge in [0.1, 0.15) is 22.4 Å². The van der Waals surface area contributed by atoms with Gasteiger partial charge in [-0.1, -0.05) is 25.2 Å². The van der Waals surface area contributed by atoms with Gasteiger partial charge in [-0.2, -0.15) is 4.31 Å². The van der Waals surface area contributed by atoms with Crippen molar-refractivity contribution in [2.75, 3.05) is 26.7 Å². The van der Waals surface area contributed by atoms with Gasteiger partial charge in [0, 0.05) is 37.0 Å². The first-order valence-electron chi connectivity index (χ1n) is 11.8. The van der Waals surface area contributed by atoms with Crippen molar-refractivity contribution in [2.24, 2.45) is 11.8 Å². The molecule has 1 aliphatic heterocycles. The van der Waals surface area contributed by atoms with Crippen molar-refractivity contribution in [3.8, 4) is 17.6 Å². The van der Waals surface area contributed by atoms with Crippen LogP contribution in [0.15, 0.2) is 23.1 Å². The number of carbonyl (C=O) groups is 1. The average Bonchev–Trinajstić information content (AvgIpc) is 2.72. The lowest BCUT2D eigenvalue weighted by atomic mass is 9.84. The fourth-order valence-corrected chi connectivity index (χ4v) is 5.90. The molecule has 0 radical (unpaired) electrons. The Kier molecular flexibility index (Phi) is 7.98. The number of carbonyl (C=O) groups excluding carboxylic acids is 1. The third-order valence-electron chi connectivity index (χ3n) is 6.46. The smallest absolute Gasteiger partial charge is 0.247 e. The zero-order valence-corrected chi connectivity index (χ0v) is 21.4. The Bertz CT molecular complexity index is 1070. The largest absolute Gasteiger partial charge is 0.487 e. The van der Waals surface area contributed by atoms with Crippen LogP contribution in [-0.2, 0) is 14.8 Å². The third kappa shape index (κ3) is 5.92. The Balaban J connectivity index is 2.02. The van der Waals surface area contributed by atoms with E-state index in [1.807, 2.05) is 6.92 Å². The summed E-state index contributed by atoms with van der Waals surface area (Å²) in [6.45, 7) is 6.84. The van der Waals surface area contributed by atoms with E-state index in [-0.39, 0.29) is 41.5 Å². The van der Waals surface area contributed by atoms with E-state index >= 15 is 0 Å². The van der Waals surface area contributed by atoms with Gasteiger partial charge >= 0.3 is 0 Å². The summed E-state index contributed by atoms with van der Waals surface area (Å²) in [6.07, 6.45) is 2.40. The van der Waals surface area contributed by atoms with Gasteiger partial charge in [0.05, 0.1) is 13.2 Å². The highest BCUT2D eigenvalue weighted by Crippen LogP contribution is 2.35. The maximum absolute atomic E-state index is 13.5. The Hall–Kier alpha value is -2.12. The molecule has 0 bridgehead atoms. The molecule has 3 atom stereocenters. The van der Waals surface area contributed by atoms with Gasteiger partial charge in [-0.05, 0) is 51.8 Å². The minimum Gasteiger partial charge on any atom is -0.487 e. The Morgan fingerprint density at radius 3 is 2.59 bits per heavy atom. The number of likely N-dealkylation sites (N-methyl/N-ethyl adjacent to an activating group) is 1. The molecular weight excluding hydrogens is 456 g/mol. The van der Waals surface area contributed by atoms with E-state index in [0.29, 0.717) is 12.1 Å². The number of nitrogens with zero attached hydrogens (tertiary/aromatic N) is 2. The summed E-state index contributed by atoms with van der Waals surface area (Å²) in [5, 5.41) is 19.7. The molecule has 0 unspecified atom stereocenters. The SMILES string of the molecule is C[C@@H]1CN([C@@H](C)CO)S(=O)(=O)c2ccc(C#CC(C)(C)O)cc2O[C@H]1CN(C)C(=O)C1CCC1. The van der Waals surface area contributed by atoms with Gasteiger partial charge in [-0.25, -0.2) is 8.42 Å². The highest BCUT2D eigenvalue weighted by molar-refractivity contribution is 7.89. The van der Waals surface area contributed by atoms with Gasteiger partial charge in [0.2, 0.25) is 15.9 Å². The Morgan fingerprint density at radius 2 is 2.03 bits per heavy atom. The second-order valence-electron chi connectivity index (χ2n) is 10.1. The number of ether oxygens (including phenoxy) is 1. The zero-order chi connectivity index (χ0) is 25.3. The van der Waals surface area contributed by atoms with E-state index in [1.54, 1.807) is 44.9 Å². The third-order valence-corrected chi connectivity index (χ3v) is 8.48. The zero-order valence-electron chi connectivity index (χ0n) is 20.6. The molecule has 3 rings (SSSR count). The Morgan fingerprint density at radius 1 is 1.35 bits per heavy atom. The fourth-order valence-electron chi connectivity index (χ4n) is 4.07. The first-order valence-corrected chi connectivity index (χ1v) is 13.2. The lowest BCUT2D eigenvalue weighted by Crippen LogP contribution is -2.50. The number of aliphatic hydroxyl groups is 2. The lowest BCUT2D eigenvalue weighted by molar-refractivity contribution is -0.138. The number of sulfonamides is 1. The molecule has 2 N–H and O–H groups in total. The molecule has 0 saturated heterocycles. The van der Waals surface area contributed by atoms with Crippen LogP contribution in [0.5, 0.6) is 5.75 Å². The maximum atomic E-state index is 13.5. The molecule has 1 heterocycles. The second kappa shape index (κ2) is 10.2. The standard InChI is InChI=1S/C25H36N2O6S/c1-17-14-27(18(2)16-28)34(31,32)23-10-9-19(11-12-25(3,4)30)13-21(23)33-22(17)15-26(5)24(29)20-7-6-8-20/h9-10,13,17-18,20,22,28,30H,6-8,14-16H2,1-5H3/t17-,18+,22+/m1/s1. The summed E-state index contributed by atoms with van der Waals surface area (Å²) < 4.78 is 34.6. The molecule has 0 spiro atoms. The van der Waals surface area contributed by atoms with Crippen molar-refractivity contribution in [1.29, 1.82) is 0 Å². The van der Waals surface area contributed by atoms with Gasteiger partial charge in [0.25, 0.3) is 0 Å². The average molecular weight is 493 g/mol. The summed E-state index contributed by atoms with van der Waals surface area (Å²) in [7, 11) is -2.20. The van der Waals surface area contributed by atoms with E-state index in [9.17, 15) is 23.4 Å². The summed E-state index contributed by atoms with van der Waals surface area (Å²) in [6, 6.07) is 3.97. The molecule has 1 fully saturated rings. The predicted octanol–water partition coefficient (Wildman–Crippen LogP) is 1.84. The molecular formula is C25H36N2O6S. The highest BCUT2D eigenvalue weighted by Gasteiger charge is 2.39. The van der Waals surface area contributed by atoms with Gasteiger partial charge in [0.15, 0.2) is 0 Å². The molecule has 1 saturated carbocycles. The van der Waals surface area contributed by atoms with Crippen molar-refractivity contribution in [3.05, 3.63) is 23.8 Å². The molecule has 8 nitrogen and oxygen atoms in total. The normalized spacial score (nSPS) is 23.7. The minimum atomic E-state index is -3.95. The highest BCUT2D eigenvalue weighted by atomic mass is 32.2. The van der Waals surface area contributed by atoms with Gasteiger partial charge in [-0.3, -0.25) is 4.79 Å². The number of hydrogen-bond acceptors (Lipinski definition) is 6. The number of amides is 1. The van der Waals surface area contributed by atoms with Crippen molar-refractivity contribution < 1.29 is 28.2 Å². The fraction of sp³-hybridized carbons (Fsp3) is 0.640. The van der Waals surface area contributed by atoms with Crippen LogP contribution >= 0.6 is 0 Å². The summed E-state index contributed by atoms with van der Waals surface area (Å²) >= 11 is 0. The molecule has 0 aromatic heterocycles. The number of aliphatic hydroxyl groups excluding tert-OH is 1. The molecule has 34 heavy (non-hydrogen) atoms. The topological polar surface area (TPSA) is 107 Å². The van der Waals surface area contributed by atoms with Crippen LogP contribution in [0.3, 0.4) is 0 Å². The lowest BCUT2D eigenvalue weighted by Gasteiger charge is -2.38. The van der Waals surface area contributed by atoms with E-state index in [0.717, 1.165) is 19.3 Å². The predicted molar refractivity (Wildman–Crippen MR) is 129 cm³/mol. The summed E-state index contributed by atoms with van der Waals surface area (Å²) in [4.78, 5) is 14.4. The van der Waals surface area contributed by atoms with Crippen molar-refractivity contribution in [1.82, 2.24) is 9.21 Å². The van der Waals surface area contributed by atoms with Crippen LogP contribution in [0.2, 0.25) is 0 Å². The monoisotopic (exact) mass is 492 g/mol. The molecule has 188 valence electrons. The molecule has 1 aliphatic carbocycles. The van der Waals surface area contributed by atoms with Crippen LogP contribution in [-0.4, -0.2) is 78.2 Å². The Labute approximate surface area is 202 Å². The summed E-state index contributed by atoms with van der Waals surface area (Å²) in [5.74, 6) is 5.63. The van der Waals surface area contributed by atoms with Crippen LogP contribution in [0.1, 0.15) is 52.5 Å². The van der Waals surface area contributed by atoms with Crippen LogP contribution in [0.4, 0.5) is 0 Å². The first-order chi connectivity index (χ1) is 15.8. The van der Waals surface area contributed by atoms with Crippen LogP contribution < -0.4 is 4.74 Å². The van der Waals surface area contributed by atoms with E-state index in [2.05, 4.69) is 11.8 Å². The molecule has 2 aliphatic rings. The van der Waals surface area contributed by atoms with E-state index < -0.39 is 27.8 Å². The minimum absolute atomic E-state index is 0.00789. The van der Waals surface area contributed by atoms with Crippen molar-refractivity contribution >= 4 is 15.9 Å². The van der Waals surface area contributed by atoms with Crippen LogP contribution in [0.25, 0.3) is 0 Å². The molecule has 1 aromatic carbocycles. The van der Waals surface area contributed by atoms with E-state index in [1.165, 1.54) is 10.4 Å². The number of fused-ring (bicyclic) bond motifs is 1. The second-order valence-corrected chi connectivity index (χ2v) is 11.9. The number of hydrogen-bond donors (Lipinski definition) is 2. The maximum Gasteiger partial charge on any atom is 0.247 e. The van der Waals surface area contributed by atoms with Crippen molar-refractivity contribution in [2.45, 2.75) is 69.6 Å². The summed E-state index contributed by atoms with van der Waals surface area (Å²) in [5.41, 5.74) is -0.699. The molecule has 1 aromatic rings. The molecule has 9 heteroatoms. The van der Waals surface area contributed by atoms with E-state index in [4.69, 9.17) is 4.74 Å². The molecule has 1 amide bonds.